The van der Waals surface area contributed by atoms with Crippen molar-refractivity contribution in [2.24, 2.45) is 11.7 Å². The van der Waals surface area contributed by atoms with Crippen LogP contribution in [0.15, 0.2) is 78.9 Å². The molecule has 5 rings (SSSR count). The topological polar surface area (TPSA) is 117 Å². The number of aliphatic hydroxyl groups excluding tert-OH is 2. The monoisotopic (exact) mass is 573 g/mol. The molecule has 224 valence electrons. The number of ether oxygens (including phenoxy) is 2. The molecule has 5 N–H and O–H groups in total. The van der Waals surface area contributed by atoms with E-state index >= 15 is 0 Å². The molecule has 1 amide bonds. The molecular formula is C34H43N3O5. The van der Waals surface area contributed by atoms with E-state index in [0.29, 0.717) is 25.9 Å². The van der Waals surface area contributed by atoms with Crippen LogP contribution in [0.25, 0.3) is 0 Å². The first-order valence-electron chi connectivity index (χ1n) is 15.0. The van der Waals surface area contributed by atoms with Crippen molar-refractivity contribution in [1.82, 2.24) is 10.2 Å². The highest BCUT2D eigenvalue weighted by Crippen LogP contribution is 2.32. The van der Waals surface area contributed by atoms with Crippen molar-refractivity contribution in [3.05, 3.63) is 101 Å². The number of aliphatic hydroxyl groups is 2. The molecule has 2 aliphatic rings. The van der Waals surface area contributed by atoms with Crippen LogP contribution < -0.4 is 15.8 Å². The SMILES string of the molecule is NC(Cc1ccccc1)C(O)CC(Cc1ccc(OCCN2CCOCC2)cc1)C(=O)N[C@H]1c2ccccc2C[C@@H]1O. The zero-order valence-corrected chi connectivity index (χ0v) is 24.1. The average Bonchev–Trinajstić information content (AvgIpc) is 3.33. The second kappa shape index (κ2) is 14.8. The molecule has 0 radical (unpaired) electrons. The fourth-order valence-corrected chi connectivity index (χ4v) is 5.91. The quantitative estimate of drug-likeness (QED) is 0.248. The van der Waals surface area contributed by atoms with Gasteiger partial charge in [0.2, 0.25) is 5.91 Å². The van der Waals surface area contributed by atoms with Gasteiger partial charge in [0, 0.05) is 38.0 Å². The third-order valence-electron chi connectivity index (χ3n) is 8.39. The molecule has 1 heterocycles. The molecule has 1 fully saturated rings. The van der Waals surface area contributed by atoms with Gasteiger partial charge in [0.15, 0.2) is 0 Å². The van der Waals surface area contributed by atoms with Gasteiger partial charge >= 0.3 is 0 Å². The number of fused-ring (bicyclic) bond motifs is 1. The molecule has 3 aromatic carbocycles. The van der Waals surface area contributed by atoms with Crippen LogP contribution in [-0.2, 0) is 28.8 Å². The van der Waals surface area contributed by atoms with E-state index in [1.807, 2.05) is 78.9 Å². The molecule has 1 aliphatic carbocycles. The minimum atomic E-state index is -0.871. The van der Waals surface area contributed by atoms with E-state index in [4.69, 9.17) is 15.2 Å². The summed E-state index contributed by atoms with van der Waals surface area (Å²) in [5, 5.41) is 24.9. The summed E-state index contributed by atoms with van der Waals surface area (Å²) in [6.45, 7) is 4.83. The van der Waals surface area contributed by atoms with E-state index in [2.05, 4.69) is 10.2 Å². The Kier molecular flexibility index (Phi) is 10.6. The number of morpholine rings is 1. The van der Waals surface area contributed by atoms with Crippen LogP contribution in [-0.4, -0.2) is 78.7 Å². The van der Waals surface area contributed by atoms with Crippen molar-refractivity contribution >= 4 is 5.91 Å². The Morgan fingerprint density at radius 2 is 1.67 bits per heavy atom. The van der Waals surface area contributed by atoms with Gasteiger partial charge in [-0.1, -0.05) is 66.7 Å². The van der Waals surface area contributed by atoms with Gasteiger partial charge in [-0.25, -0.2) is 0 Å². The van der Waals surface area contributed by atoms with E-state index in [9.17, 15) is 15.0 Å². The van der Waals surface area contributed by atoms with E-state index in [-0.39, 0.29) is 12.3 Å². The Labute approximate surface area is 248 Å². The molecule has 1 aliphatic heterocycles. The van der Waals surface area contributed by atoms with Crippen molar-refractivity contribution in [2.45, 2.75) is 50.0 Å². The normalized spacial score (nSPS) is 20.8. The number of hydrogen-bond acceptors (Lipinski definition) is 7. The van der Waals surface area contributed by atoms with E-state index in [0.717, 1.165) is 60.9 Å². The lowest BCUT2D eigenvalue weighted by Crippen LogP contribution is -2.43. The number of hydrogen-bond donors (Lipinski definition) is 4. The summed E-state index contributed by atoms with van der Waals surface area (Å²) >= 11 is 0. The molecule has 5 atom stereocenters. The lowest BCUT2D eigenvalue weighted by Gasteiger charge is -2.27. The summed E-state index contributed by atoms with van der Waals surface area (Å²) in [7, 11) is 0. The predicted molar refractivity (Wildman–Crippen MR) is 162 cm³/mol. The van der Waals surface area contributed by atoms with Gasteiger partial charge in [-0.2, -0.15) is 0 Å². The highest BCUT2D eigenvalue weighted by molar-refractivity contribution is 5.80. The van der Waals surface area contributed by atoms with Gasteiger partial charge in [-0.05, 0) is 53.6 Å². The Bertz CT molecular complexity index is 1270. The first kappa shape index (κ1) is 30.2. The minimum Gasteiger partial charge on any atom is -0.492 e. The van der Waals surface area contributed by atoms with Gasteiger partial charge in [0.1, 0.15) is 12.4 Å². The summed E-state index contributed by atoms with van der Waals surface area (Å²) < 4.78 is 11.4. The molecule has 0 bridgehead atoms. The largest absolute Gasteiger partial charge is 0.492 e. The predicted octanol–water partition coefficient (Wildman–Crippen LogP) is 2.65. The van der Waals surface area contributed by atoms with Gasteiger partial charge in [0.25, 0.3) is 0 Å². The standard InChI is InChI=1S/C34H43N3O5/c35-30(21-24-6-2-1-3-7-24)31(38)23-27(34(40)36-33-29-9-5-4-8-26(29)22-32(33)39)20-25-10-12-28(13-11-25)42-19-16-37-14-17-41-18-15-37/h1-13,27,30-33,38-39H,14-23,35H2,(H,36,40)/t27?,30?,31?,32-,33-/m0/s1. The van der Waals surface area contributed by atoms with Crippen LogP contribution in [0, 0.1) is 5.92 Å². The number of amides is 1. The first-order chi connectivity index (χ1) is 20.5. The second-order valence-corrected chi connectivity index (χ2v) is 11.5. The molecule has 8 nitrogen and oxygen atoms in total. The molecule has 3 aromatic rings. The van der Waals surface area contributed by atoms with Gasteiger partial charge < -0.3 is 30.7 Å². The highest BCUT2D eigenvalue weighted by atomic mass is 16.5. The maximum absolute atomic E-state index is 13.7. The number of rotatable bonds is 13. The van der Waals surface area contributed by atoms with Crippen LogP contribution in [0.4, 0.5) is 0 Å². The molecular weight excluding hydrogens is 530 g/mol. The van der Waals surface area contributed by atoms with Crippen LogP contribution in [0.1, 0.15) is 34.7 Å². The van der Waals surface area contributed by atoms with Crippen molar-refractivity contribution in [2.75, 3.05) is 39.5 Å². The van der Waals surface area contributed by atoms with Crippen LogP contribution in [0.5, 0.6) is 5.75 Å². The number of carbonyl (C=O) groups is 1. The third-order valence-corrected chi connectivity index (χ3v) is 8.39. The number of nitrogens with two attached hydrogens (primary N) is 1. The van der Waals surface area contributed by atoms with Crippen molar-refractivity contribution in [1.29, 1.82) is 0 Å². The molecule has 8 heteroatoms. The fraction of sp³-hybridized carbons (Fsp3) is 0.441. The number of benzene rings is 3. The average molecular weight is 574 g/mol. The van der Waals surface area contributed by atoms with Crippen LogP contribution in [0.3, 0.4) is 0 Å². The minimum absolute atomic E-state index is 0.201. The Morgan fingerprint density at radius 3 is 2.43 bits per heavy atom. The maximum atomic E-state index is 13.7. The van der Waals surface area contributed by atoms with E-state index < -0.39 is 30.2 Å². The Hall–Kier alpha value is -3.27. The van der Waals surface area contributed by atoms with Gasteiger partial charge in [-0.15, -0.1) is 0 Å². The van der Waals surface area contributed by atoms with Gasteiger partial charge in [0.05, 0.1) is 31.5 Å². The molecule has 3 unspecified atom stereocenters. The highest BCUT2D eigenvalue weighted by Gasteiger charge is 2.34. The first-order valence-corrected chi connectivity index (χ1v) is 15.0. The van der Waals surface area contributed by atoms with Crippen LogP contribution >= 0.6 is 0 Å². The number of carbonyl (C=O) groups excluding carboxylic acids is 1. The summed E-state index contributed by atoms with van der Waals surface area (Å²) in [6, 6.07) is 24.4. The zero-order chi connectivity index (χ0) is 29.3. The molecule has 1 saturated heterocycles. The Morgan fingerprint density at radius 1 is 0.976 bits per heavy atom. The Balaban J connectivity index is 1.23. The van der Waals surface area contributed by atoms with Gasteiger partial charge in [-0.3, -0.25) is 9.69 Å². The molecule has 0 aromatic heterocycles. The zero-order valence-electron chi connectivity index (χ0n) is 24.1. The molecule has 42 heavy (non-hydrogen) atoms. The molecule has 0 spiro atoms. The second-order valence-electron chi connectivity index (χ2n) is 11.5. The van der Waals surface area contributed by atoms with E-state index in [1.165, 1.54) is 0 Å². The number of nitrogens with zero attached hydrogens (tertiary/aromatic N) is 1. The third kappa shape index (κ3) is 8.18. The summed E-state index contributed by atoms with van der Waals surface area (Å²) in [6.07, 6.45) is 0.0997. The van der Waals surface area contributed by atoms with Crippen LogP contribution in [0.2, 0.25) is 0 Å². The van der Waals surface area contributed by atoms with Crippen molar-refractivity contribution in [3.63, 3.8) is 0 Å². The lowest BCUT2D eigenvalue weighted by molar-refractivity contribution is -0.127. The maximum Gasteiger partial charge on any atom is 0.224 e. The van der Waals surface area contributed by atoms with Crippen molar-refractivity contribution in [3.8, 4) is 5.75 Å². The summed E-state index contributed by atoms with van der Waals surface area (Å²) in [5.74, 6) is 0.0473. The van der Waals surface area contributed by atoms with Crippen molar-refractivity contribution < 1.29 is 24.5 Å². The smallest absolute Gasteiger partial charge is 0.224 e. The molecule has 0 saturated carbocycles. The number of nitrogens with one attached hydrogen (secondary N) is 1. The fourth-order valence-electron chi connectivity index (χ4n) is 5.91. The van der Waals surface area contributed by atoms with E-state index in [1.54, 1.807) is 0 Å². The lowest BCUT2D eigenvalue weighted by atomic mass is 9.88. The summed E-state index contributed by atoms with van der Waals surface area (Å²) in [5.41, 5.74) is 10.4. The summed E-state index contributed by atoms with van der Waals surface area (Å²) in [4.78, 5) is 16.0.